The molecular weight excluding hydrogens is 462 g/mol. The molecule has 0 bridgehead atoms. The van der Waals surface area contributed by atoms with Crippen molar-refractivity contribution in [3.8, 4) is 11.5 Å². The third kappa shape index (κ3) is 5.41. The Morgan fingerprint density at radius 3 is 2.47 bits per heavy atom. The van der Waals surface area contributed by atoms with Gasteiger partial charge in [0.15, 0.2) is 5.76 Å². The van der Waals surface area contributed by atoms with Crippen LogP contribution in [0.5, 0.6) is 11.5 Å². The number of hydrogen-bond acceptors (Lipinski definition) is 7. The predicted octanol–water partition coefficient (Wildman–Crippen LogP) is 3.76. The van der Waals surface area contributed by atoms with Crippen LogP contribution < -0.4 is 9.47 Å². The van der Waals surface area contributed by atoms with E-state index in [-0.39, 0.29) is 31.4 Å². The summed E-state index contributed by atoms with van der Waals surface area (Å²) in [4.78, 5) is 28.1. The second-order valence-electron chi connectivity index (χ2n) is 8.17. The van der Waals surface area contributed by atoms with Crippen LogP contribution in [0.1, 0.15) is 34.1 Å². The molecule has 0 saturated carbocycles. The molecule has 9 heteroatoms. The largest absolute Gasteiger partial charge is 0.497 e. The molecule has 2 amide bonds. The average Bonchev–Trinajstić information content (AvgIpc) is 3.61. The minimum atomic E-state index is -0.395. The molecule has 2 aromatic carbocycles. The van der Waals surface area contributed by atoms with Crippen LogP contribution >= 0.6 is 0 Å². The van der Waals surface area contributed by atoms with Crippen molar-refractivity contribution < 1.29 is 28.2 Å². The first-order valence-corrected chi connectivity index (χ1v) is 11.5. The third-order valence-corrected chi connectivity index (χ3v) is 6.00. The van der Waals surface area contributed by atoms with E-state index in [1.165, 1.54) is 16.2 Å². The van der Waals surface area contributed by atoms with Gasteiger partial charge in [-0.1, -0.05) is 18.2 Å². The van der Waals surface area contributed by atoms with Gasteiger partial charge in [0, 0.05) is 25.6 Å². The Hall–Kier alpha value is -4.11. The number of furan rings is 1. The van der Waals surface area contributed by atoms with Gasteiger partial charge in [-0.3, -0.25) is 9.59 Å². The van der Waals surface area contributed by atoms with Gasteiger partial charge in [-0.2, -0.15) is 5.10 Å². The number of methoxy groups -OCH3 is 3. The molecule has 0 radical (unpaired) electrons. The molecule has 36 heavy (non-hydrogen) atoms. The Balaban J connectivity index is 1.65. The fraction of sp³-hybridized carbons (Fsp3) is 0.296. The molecule has 1 aliphatic heterocycles. The lowest BCUT2D eigenvalue weighted by Gasteiger charge is -2.27. The van der Waals surface area contributed by atoms with Gasteiger partial charge in [-0.05, 0) is 48.0 Å². The highest BCUT2D eigenvalue weighted by atomic mass is 16.5. The number of amides is 2. The summed E-state index contributed by atoms with van der Waals surface area (Å²) in [6.45, 7) is 0.313. The summed E-state index contributed by atoms with van der Waals surface area (Å²) in [5.74, 6) is 0.832. The number of ether oxygens (including phenoxy) is 3. The van der Waals surface area contributed by atoms with Crippen LogP contribution in [0, 0.1) is 0 Å². The number of hydrazone groups is 1. The van der Waals surface area contributed by atoms with Gasteiger partial charge in [0.25, 0.3) is 11.8 Å². The lowest BCUT2D eigenvalue weighted by atomic mass is 9.97. The van der Waals surface area contributed by atoms with Crippen LogP contribution in [-0.4, -0.2) is 68.5 Å². The van der Waals surface area contributed by atoms with E-state index in [2.05, 4.69) is 0 Å². The van der Waals surface area contributed by atoms with Gasteiger partial charge < -0.3 is 23.5 Å². The summed E-state index contributed by atoms with van der Waals surface area (Å²) in [5, 5.41) is 6.16. The van der Waals surface area contributed by atoms with Gasteiger partial charge in [0.1, 0.15) is 18.0 Å². The Bertz CT molecular complexity index is 1210. The summed E-state index contributed by atoms with van der Waals surface area (Å²) in [7, 11) is 4.75. The monoisotopic (exact) mass is 491 g/mol. The molecule has 1 aliphatic rings. The van der Waals surface area contributed by atoms with Crippen molar-refractivity contribution >= 4 is 17.5 Å². The number of rotatable bonds is 10. The molecule has 9 nitrogen and oxygen atoms in total. The average molecular weight is 492 g/mol. The summed E-state index contributed by atoms with van der Waals surface area (Å²) in [6, 6.07) is 17.9. The zero-order chi connectivity index (χ0) is 25.5. The van der Waals surface area contributed by atoms with Crippen molar-refractivity contribution in [1.82, 2.24) is 9.91 Å². The van der Waals surface area contributed by atoms with E-state index in [0.717, 1.165) is 22.6 Å². The lowest BCUT2D eigenvalue weighted by Crippen LogP contribution is -2.42. The van der Waals surface area contributed by atoms with E-state index >= 15 is 0 Å². The SMILES string of the molecule is COCCN(CC(=O)N1N=C(c2ccc(OC)cc2)C[C@@H]1c1ccccc1OC)C(=O)c1ccco1. The smallest absolute Gasteiger partial charge is 0.290 e. The van der Waals surface area contributed by atoms with E-state index in [0.29, 0.717) is 12.2 Å². The Morgan fingerprint density at radius 2 is 1.81 bits per heavy atom. The minimum Gasteiger partial charge on any atom is -0.497 e. The van der Waals surface area contributed by atoms with Crippen molar-refractivity contribution in [3.05, 3.63) is 83.8 Å². The molecule has 1 atom stereocenters. The minimum absolute atomic E-state index is 0.157. The number of carbonyl (C=O) groups excluding carboxylic acids is 2. The number of carbonyl (C=O) groups is 2. The quantitative estimate of drug-likeness (QED) is 0.429. The maximum absolute atomic E-state index is 13.6. The first-order chi connectivity index (χ1) is 17.5. The second-order valence-corrected chi connectivity index (χ2v) is 8.17. The standard InChI is InChI=1S/C27H29N3O6/c1-33-16-14-29(27(32)25-9-6-15-36-25)18-26(31)30-23(21-7-4-5-8-24(21)35-3)17-22(28-30)19-10-12-20(34-2)13-11-19/h4-13,15,23H,14,16-18H2,1-3H3/t23-/m1/s1. The number of hydrogen-bond donors (Lipinski definition) is 0. The zero-order valence-corrected chi connectivity index (χ0v) is 20.5. The van der Waals surface area contributed by atoms with Gasteiger partial charge in [0.05, 0.1) is 38.8 Å². The zero-order valence-electron chi connectivity index (χ0n) is 20.5. The normalized spacial score (nSPS) is 14.9. The molecule has 0 N–H and O–H groups in total. The summed E-state index contributed by atoms with van der Waals surface area (Å²) < 4.78 is 21.3. The predicted molar refractivity (Wildman–Crippen MR) is 133 cm³/mol. The van der Waals surface area contributed by atoms with E-state index in [1.807, 2.05) is 48.5 Å². The maximum Gasteiger partial charge on any atom is 0.290 e. The molecule has 0 saturated heterocycles. The molecule has 188 valence electrons. The summed E-state index contributed by atoms with van der Waals surface area (Å²) >= 11 is 0. The topological polar surface area (TPSA) is 93.8 Å². The number of para-hydroxylation sites is 1. The van der Waals surface area contributed by atoms with Crippen LogP contribution in [-0.2, 0) is 9.53 Å². The van der Waals surface area contributed by atoms with Crippen molar-refractivity contribution in [2.45, 2.75) is 12.5 Å². The van der Waals surface area contributed by atoms with E-state index in [9.17, 15) is 9.59 Å². The molecule has 4 rings (SSSR count). The van der Waals surface area contributed by atoms with Crippen LogP contribution in [0.2, 0.25) is 0 Å². The molecule has 0 spiro atoms. The summed E-state index contributed by atoms with van der Waals surface area (Å²) in [5.41, 5.74) is 2.47. The van der Waals surface area contributed by atoms with Crippen molar-refractivity contribution in [3.63, 3.8) is 0 Å². The molecule has 1 aromatic heterocycles. The van der Waals surface area contributed by atoms with Crippen LogP contribution in [0.15, 0.2) is 76.4 Å². The van der Waals surface area contributed by atoms with Gasteiger partial charge in [0.2, 0.25) is 0 Å². The van der Waals surface area contributed by atoms with Crippen molar-refractivity contribution in [1.29, 1.82) is 0 Å². The van der Waals surface area contributed by atoms with E-state index < -0.39 is 11.9 Å². The van der Waals surface area contributed by atoms with Gasteiger partial charge in [-0.25, -0.2) is 5.01 Å². The fourth-order valence-electron chi connectivity index (χ4n) is 4.13. The van der Waals surface area contributed by atoms with Crippen molar-refractivity contribution in [2.24, 2.45) is 5.10 Å². The highest BCUT2D eigenvalue weighted by Crippen LogP contribution is 2.37. The Labute approximate surface area is 209 Å². The molecule has 0 unspecified atom stereocenters. The first-order valence-electron chi connectivity index (χ1n) is 11.5. The van der Waals surface area contributed by atoms with Crippen LogP contribution in [0.4, 0.5) is 0 Å². The van der Waals surface area contributed by atoms with Crippen molar-refractivity contribution in [2.75, 3.05) is 41.0 Å². The molecular formula is C27H29N3O6. The molecule has 0 aliphatic carbocycles. The highest BCUT2D eigenvalue weighted by Gasteiger charge is 2.36. The van der Waals surface area contributed by atoms with Crippen LogP contribution in [0.3, 0.4) is 0 Å². The molecule has 3 aromatic rings. The molecule has 2 heterocycles. The highest BCUT2D eigenvalue weighted by molar-refractivity contribution is 6.03. The van der Waals surface area contributed by atoms with E-state index in [1.54, 1.807) is 33.5 Å². The summed E-state index contributed by atoms with van der Waals surface area (Å²) in [6.07, 6.45) is 1.91. The molecule has 0 fully saturated rings. The Kier molecular flexibility index (Phi) is 8.02. The second kappa shape index (κ2) is 11.5. The fourth-order valence-corrected chi connectivity index (χ4v) is 4.13. The maximum atomic E-state index is 13.6. The number of benzene rings is 2. The lowest BCUT2D eigenvalue weighted by molar-refractivity contribution is -0.133. The van der Waals surface area contributed by atoms with Gasteiger partial charge >= 0.3 is 0 Å². The van der Waals surface area contributed by atoms with Gasteiger partial charge in [-0.15, -0.1) is 0 Å². The third-order valence-electron chi connectivity index (χ3n) is 6.00. The van der Waals surface area contributed by atoms with Crippen LogP contribution in [0.25, 0.3) is 0 Å². The Morgan fingerprint density at radius 1 is 1.03 bits per heavy atom. The van der Waals surface area contributed by atoms with E-state index in [4.69, 9.17) is 23.7 Å². The first kappa shape index (κ1) is 25.0. The number of nitrogens with zero attached hydrogens (tertiary/aromatic N) is 3.